The lowest BCUT2D eigenvalue weighted by Crippen LogP contribution is -2.28. The quantitative estimate of drug-likeness (QED) is 0.150. The zero-order valence-corrected chi connectivity index (χ0v) is 30.7. The molecule has 1 atom stereocenters. The summed E-state index contributed by atoms with van der Waals surface area (Å²) in [5.74, 6) is 0. The molecular formula is C51H36BrN. The van der Waals surface area contributed by atoms with E-state index >= 15 is 0 Å². The van der Waals surface area contributed by atoms with Crippen molar-refractivity contribution in [1.29, 1.82) is 0 Å². The zero-order valence-electron chi connectivity index (χ0n) is 29.2. The van der Waals surface area contributed by atoms with Crippen LogP contribution in [0, 0.1) is 0 Å². The Bertz CT molecular complexity index is 2540. The van der Waals surface area contributed by atoms with Crippen LogP contribution in [-0.2, 0) is 5.41 Å². The molecule has 1 unspecified atom stereocenters. The van der Waals surface area contributed by atoms with Crippen LogP contribution in [0.5, 0.6) is 0 Å². The average Bonchev–Trinajstić information content (AvgIpc) is 3.53. The first-order chi connectivity index (χ1) is 26.1. The summed E-state index contributed by atoms with van der Waals surface area (Å²) in [6.07, 6.45) is 1.91. The Kier molecular flexibility index (Phi) is 8.46. The Morgan fingerprint density at radius 1 is 0.415 bits per heavy atom. The van der Waals surface area contributed by atoms with Crippen molar-refractivity contribution in [3.63, 3.8) is 0 Å². The molecule has 0 heterocycles. The summed E-state index contributed by atoms with van der Waals surface area (Å²) in [6.45, 7) is 4.04. The Morgan fingerprint density at radius 3 is 1.49 bits per heavy atom. The van der Waals surface area contributed by atoms with E-state index in [0.717, 1.165) is 27.1 Å². The van der Waals surface area contributed by atoms with E-state index in [1.165, 1.54) is 55.6 Å². The predicted molar refractivity (Wildman–Crippen MR) is 227 cm³/mol. The van der Waals surface area contributed by atoms with Crippen LogP contribution in [0.3, 0.4) is 0 Å². The molecule has 9 rings (SSSR count). The van der Waals surface area contributed by atoms with E-state index in [0.29, 0.717) is 0 Å². The highest BCUT2D eigenvalue weighted by Crippen LogP contribution is 2.57. The van der Waals surface area contributed by atoms with Gasteiger partial charge in [0.1, 0.15) is 0 Å². The molecule has 1 nitrogen and oxygen atoms in total. The van der Waals surface area contributed by atoms with Crippen LogP contribution >= 0.6 is 15.9 Å². The highest BCUT2D eigenvalue weighted by molar-refractivity contribution is 9.10. The van der Waals surface area contributed by atoms with Crippen molar-refractivity contribution >= 4 is 39.1 Å². The van der Waals surface area contributed by atoms with E-state index in [-0.39, 0.29) is 0 Å². The highest BCUT2D eigenvalue weighted by atomic mass is 79.9. The molecule has 1 aliphatic carbocycles. The SMILES string of the molecule is C=Cc1ccc(C2(c3ccccc3)c3ccccc3-c3ccc(N(c4ccc(-c5ccccc5)cc4)c4ccc(-c5ccc(Br)cc5)cc4)cc32)cc1. The number of fused-ring (bicyclic) bond motifs is 3. The smallest absolute Gasteiger partial charge is 0.0714 e. The van der Waals surface area contributed by atoms with Gasteiger partial charge in [0.2, 0.25) is 0 Å². The molecule has 0 saturated carbocycles. The van der Waals surface area contributed by atoms with Gasteiger partial charge in [-0.1, -0.05) is 180 Å². The number of halogens is 1. The van der Waals surface area contributed by atoms with Crippen LogP contribution in [0.1, 0.15) is 27.8 Å². The molecule has 0 saturated heterocycles. The van der Waals surface area contributed by atoms with Crippen molar-refractivity contribution in [3.8, 4) is 33.4 Å². The van der Waals surface area contributed by atoms with Gasteiger partial charge in [0, 0.05) is 21.5 Å². The Hall–Kier alpha value is -6.22. The first-order valence-corrected chi connectivity index (χ1v) is 18.8. The minimum absolute atomic E-state index is 0.517. The third-order valence-corrected chi connectivity index (χ3v) is 11.1. The monoisotopic (exact) mass is 741 g/mol. The van der Waals surface area contributed by atoms with Crippen molar-refractivity contribution in [2.24, 2.45) is 0 Å². The van der Waals surface area contributed by atoms with Crippen molar-refractivity contribution in [1.82, 2.24) is 0 Å². The molecule has 0 bridgehead atoms. The third kappa shape index (κ3) is 5.73. The van der Waals surface area contributed by atoms with E-state index in [9.17, 15) is 0 Å². The lowest BCUT2D eigenvalue weighted by molar-refractivity contribution is 0.768. The molecule has 53 heavy (non-hydrogen) atoms. The number of benzene rings is 8. The maximum Gasteiger partial charge on any atom is 0.0714 e. The fraction of sp³-hybridized carbons (Fsp3) is 0.0196. The summed E-state index contributed by atoms with van der Waals surface area (Å²) in [7, 11) is 0. The number of nitrogens with zero attached hydrogens (tertiary/aromatic N) is 1. The molecule has 252 valence electrons. The lowest BCUT2D eigenvalue weighted by atomic mass is 9.67. The van der Waals surface area contributed by atoms with Crippen molar-refractivity contribution in [2.75, 3.05) is 4.90 Å². The summed E-state index contributed by atoms with van der Waals surface area (Å²) in [5, 5.41) is 0. The van der Waals surface area contributed by atoms with Gasteiger partial charge in [0.25, 0.3) is 0 Å². The Labute approximate surface area is 320 Å². The molecule has 2 heteroatoms. The van der Waals surface area contributed by atoms with Gasteiger partial charge >= 0.3 is 0 Å². The van der Waals surface area contributed by atoms with Crippen LogP contribution in [-0.4, -0.2) is 0 Å². The normalized spacial score (nSPS) is 14.3. The standard InChI is InChI=1S/C51H36BrN/c1-2-36-17-25-42(26-18-36)51(41-13-7-4-8-14-41)49-16-10-9-15-47(49)48-34-33-46(35-50(48)51)53(44-29-21-39(22-30-44)37-11-5-3-6-12-37)45-31-23-40(24-32-45)38-19-27-43(52)28-20-38/h2-35H,1H2. The molecule has 1 aliphatic rings. The van der Waals surface area contributed by atoms with Crippen LogP contribution < -0.4 is 4.90 Å². The Morgan fingerprint density at radius 2 is 0.887 bits per heavy atom. The molecule has 8 aromatic carbocycles. The fourth-order valence-electron chi connectivity index (χ4n) is 8.08. The number of hydrogen-bond acceptors (Lipinski definition) is 1. The average molecular weight is 743 g/mol. The second-order valence-corrected chi connectivity index (χ2v) is 14.4. The summed E-state index contributed by atoms with van der Waals surface area (Å²) < 4.78 is 1.07. The highest BCUT2D eigenvalue weighted by Gasteiger charge is 2.46. The van der Waals surface area contributed by atoms with Crippen LogP contribution in [0.25, 0.3) is 39.5 Å². The topological polar surface area (TPSA) is 3.24 Å². The van der Waals surface area contributed by atoms with Crippen LogP contribution in [0.4, 0.5) is 17.1 Å². The number of hydrogen-bond donors (Lipinski definition) is 0. The molecule has 0 radical (unpaired) electrons. The minimum Gasteiger partial charge on any atom is -0.310 e. The number of rotatable bonds is 8. The minimum atomic E-state index is -0.517. The molecule has 0 aromatic heterocycles. The second kappa shape index (κ2) is 13.7. The summed E-state index contributed by atoms with van der Waals surface area (Å²) in [5.41, 5.74) is 16.2. The first kappa shape index (κ1) is 32.7. The van der Waals surface area contributed by atoms with Gasteiger partial charge in [-0.25, -0.2) is 0 Å². The number of anilines is 3. The molecule has 0 fully saturated rings. The van der Waals surface area contributed by atoms with E-state index in [1.807, 2.05) is 6.08 Å². The van der Waals surface area contributed by atoms with Gasteiger partial charge in [-0.15, -0.1) is 0 Å². The van der Waals surface area contributed by atoms with E-state index in [2.05, 4.69) is 228 Å². The molecule has 0 amide bonds. The predicted octanol–water partition coefficient (Wildman–Crippen LogP) is 14.3. The fourth-order valence-corrected chi connectivity index (χ4v) is 8.34. The first-order valence-electron chi connectivity index (χ1n) is 18.0. The molecule has 0 aliphatic heterocycles. The largest absolute Gasteiger partial charge is 0.310 e. The van der Waals surface area contributed by atoms with Gasteiger partial charge in [-0.05, 0) is 110 Å². The van der Waals surface area contributed by atoms with Gasteiger partial charge < -0.3 is 4.90 Å². The molecule has 0 N–H and O–H groups in total. The Balaban J connectivity index is 1.25. The maximum absolute atomic E-state index is 4.04. The van der Waals surface area contributed by atoms with Crippen molar-refractivity contribution in [2.45, 2.75) is 5.41 Å². The summed E-state index contributed by atoms with van der Waals surface area (Å²) in [4.78, 5) is 2.39. The molecule has 0 spiro atoms. The van der Waals surface area contributed by atoms with Crippen LogP contribution in [0.2, 0.25) is 0 Å². The van der Waals surface area contributed by atoms with E-state index in [1.54, 1.807) is 0 Å². The molecular weight excluding hydrogens is 706 g/mol. The van der Waals surface area contributed by atoms with E-state index in [4.69, 9.17) is 0 Å². The van der Waals surface area contributed by atoms with Crippen molar-refractivity contribution < 1.29 is 0 Å². The maximum atomic E-state index is 4.04. The van der Waals surface area contributed by atoms with Gasteiger partial charge in [-0.3, -0.25) is 0 Å². The third-order valence-electron chi connectivity index (χ3n) is 10.6. The van der Waals surface area contributed by atoms with Gasteiger partial charge in [0.15, 0.2) is 0 Å². The second-order valence-electron chi connectivity index (χ2n) is 13.5. The molecule has 8 aromatic rings. The summed E-state index contributed by atoms with van der Waals surface area (Å²) in [6, 6.07) is 72.8. The van der Waals surface area contributed by atoms with Gasteiger partial charge in [0.05, 0.1) is 5.41 Å². The lowest BCUT2D eigenvalue weighted by Gasteiger charge is -2.35. The summed E-state index contributed by atoms with van der Waals surface area (Å²) >= 11 is 3.58. The van der Waals surface area contributed by atoms with Crippen LogP contribution in [0.15, 0.2) is 211 Å². The zero-order chi connectivity index (χ0) is 35.8. The van der Waals surface area contributed by atoms with Gasteiger partial charge in [-0.2, -0.15) is 0 Å². The van der Waals surface area contributed by atoms with Crippen molar-refractivity contribution in [3.05, 3.63) is 239 Å². The van der Waals surface area contributed by atoms with E-state index < -0.39 is 5.41 Å².